The van der Waals surface area contributed by atoms with Gasteiger partial charge in [0.2, 0.25) is 0 Å². The van der Waals surface area contributed by atoms with E-state index < -0.39 is 0 Å². The molecule has 0 aliphatic heterocycles. The average molecular weight is 223 g/mol. The van der Waals surface area contributed by atoms with Crippen molar-refractivity contribution in [3.63, 3.8) is 0 Å². The maximum Gasteiger partial charge on any atom is 0.0252 e. The second-order valence-corrected chi connectivity index (χ2v) is 5.49. The molecule has 0 aromatic heterocycles. The standard InChI is InChI=1S/C15H29N/c1-4-16-15(12-13(2)3)11-10-14-8-6-5-7-9-14/h12,14-16H,4-11H2,1-3H3. The van der Waals surface area contributed by atoms with Gasteiger partial charge in [-0.15, -0.1) is 0 Å². The summed E-state index contributed by atoms with van der Waals surface area (Å²) in [5.74, 6) is 1.01. The lowest BCUT2D eigenvalue weighted by atomic mass is 9.85. The first kappa shape index (κ1) is 13.8. The number of likely N-dealkylation sites (N-methyl/N-ethyl adjacent to an activating group) is 1. The normalized spacial score (nSPS) is 19.4. The van der Waals surface area contributed by atoms with Crippen molar-refractivity contribution in [3.8, 4) is 0 Å². The van der Waals surface area contributed by atoms with Crippen LogP contribution in [0.25, 0.3) is 0 Å². The fourth-order valence-corrected chi connectivity index (χ4v) is 2.80. The summed E-state index contributed by atoms with van der Waals surface area (Å²) in [6, 6.07) is 0.608. The van der Waals surface area contributed by atoms with Gasteiger partial charge in [0.05, 0.1) is 0 Å². The summed E-state index contributed by atoms with van der Waals surface area (Å²) in [6.07, 6.45) is 12.5. The van der Waals surface area contributed by atoms with Crippen molar-refractivity contribution in [2.75, 3.05) is 6.54 Å². The van der Waals surface area contributed by atoms with Crippen LogP contribution in [0.5, 0.6) is 0 Å². The van der Waals surface area contributed by atoms with Crippen LogP contribution >= 0.6 is 0 Å². The molecular formula is C15H29N. The Morgan fingerprint density at radius 2 is 1.94 bits per heavy atom. The summed E-state index contributed by atoms with van der Waals surface area (Å²) in [5, 5.41) is 3.58. The van der Waals surface area contributed by atoms with Crippen molar-refractivity contribution in [3.05, 3.63) is 11.6 Å². The van der Waals surface area contributed by atoms with Crippen LogP contribution < -0.4 is 5.32 Å². The van der Waals surface area contributed by atoms with Crippen molar-refractivity contribution in [2.24, 2.45) is 5.92 Å². The molecule has 1 nitrogen and oxygen atoms in total. The zero-order chi connectivity index (χ0) is 11.8. The van der Waals surface area contributed by atoms with Gasteiger partial charge in [-0.25, -0.2) is 0 Å². The highest BCUT2D eigenvalue weighted by atomic mass is 14.9. The van der Waals surface area contributed by atoms with E-state index in [9.17, 15) is 0 Å². The molecule has 0 spiro atoms. The molecule has 1 fully saturated rings. The minimum Gasteiger partial charge on any atom is -0.311 e. The third-order valence-corrected chi connectivity index (χ3v) is 3.61. The van der Waals surface area contributed by atoms with Crippen molar-refractivity contribution in [2.45, 2.75) is 71.8 Å². The largest absolute Gasteiger partial charge is 0.311 e. The minimum absolute atomic E-state index is 0.608. The minimum atomic E-state index is 0.608. The van der Waals surface area contributed by atoms with Crippen LogP contribution in [0, 0.1) is 5.92 Å². The van der Waals surface area contributed by atoms with E-state index in [-0.39, 0.29) is 0 Å². The highest BCUT2D eigenvalue weighted by Crippen LogP contribution is 2.27. The lowest BCUT2D eigenvalue weighted by Gasteiger charge is -2.23. The van der Waals surface area contributed by atoms with Gasteiger partial charge in [0.1, 0.15) is 0 Å². The maximum absolute atomic E-state index is 3.58. The molecule has 1 atom stereocenters. The van der Waals surface area contributed by atoms with Crippen molar-refractivity contribution < 1.29 is 0 Å². The fraction of sp³-hybridized carbons (Fsp3) is 0.867. The molecule has 0 amide bonds. The van der Waals surface area contributed by atoms with Crippen LogP contribution in [0.2, 0.25) is 0 Å². The summed E-state index contributed by atoms with van der Waals surface area (Å²) < 4.78 is 0. The van der Waals surface area contributed by atoms with Gasteiger partial charge in [-0.1, -0.05) is 50.7 Å². The van der Waals surface area contributed by atoms with Crippen LogP contribution in [0.4, 0.5) is 0 Å². The van der Waals surface area contributed by atoms with Crippen LogP contribution in [0.1, 0.15) is 65.7 Å². The smallest absolute Gasteiger partial charge is 0.0252 e. The van der Waals surface area contributed by atoms with E-state index in [1.54, 1.807) is 0 Å². The van der Waals surface area contributed by atoms with E-state index >= 15 is 0 Å². The van der Waals surface area contributed by atoms with E-state index in [2.05, 4.69) is 32.2 Å². The highest BCUT2D eigenvalue weighted by molar-refractivity contribution is 5.01. The molecule has 1 N–H and O–H groups in total. The van der Waals surface area contributed by atoms with Gasteiger partial charge in [-0.3, -0.25) is 0 Å². The van der Waals surface area contributed by atoms with E-state index in [0.717, 1.165) is 12.5 Å². The molecule has 1 saturated carbocycles. The molecule has 0 aromatic carbocycles. The molecule has 0 heterocycles. The summed E-state index contributed by atoms with van der Waals surface area (Å²) in [5.41, 5.74) is 1.44. The molecule has 1 rings (SSSR count). The average Bonchev–Trinajstić information content (AvgIpc) is 2.27. The molecule has 1 unspecified atom stereocenters. The molecule has 0 saturated heterocycles. The van der Waals surface area contributed by atoms with E-state index in [1.807, 2.05) is 0 Å². The fourth-order valence-electron chi connectivity index (χ4n) is 2.80. The summed E-state index contributed by atoms with van der Waals surface area (Å²) >= 11 is 0. The zero-order valence-corrected chi connectivity index (χ0v) is 11.4. The lowest BCUT2D eigenvalue weighted by molar-refractivity contribution is 0.322. The van der Waals surface area contributed by atoms with Gasteiger partial charge >= 0.3 is 0 Å². The second-order valence-electron chi connectivity index (χ2n) is 5.49. The SMILES string of the molecule is CCNC(C=C(C)C)CCC1CCCCC1. The number of nitrogens with one attached hydrogen (secondary N) is 1. The first-order valence-electron chi connectivity index (χ1n) is 7.10. The number of allylic oxidation sites excluding steroid dienone is 1. The van der Waals surface area contributed by atoms with Crippen LogP contribution in [-0.2, 0) is 0 Å². The van der Waals surface area contributed by atoms with Gasteiger partial charge in [0, 0.05) is 6.04 Å². The van der Waals surface area contributed by atoms with Gasteiger partial charge < -0.3 is 5.32 Å². The van der Waals surface area contributed by atoms with E-state index in [4.69, 9.17) is 0 Å². The third-order valence-electron chi connectivity index (χ3n) is 3.61. The van der Waals surface area contributed by atoms with Gasteiger partial charge in [0.25, 0.3) is 0 Å². The summed E-state index contributed by atoms with van der Waals surface area (Å²) in [7, 11) is 0. The second kappa shape index (κ2) is 7.89. The zero-order valence-electron chi connectivity index (χ0n) is 11.4. The van der Waals surface area contributed by atoms with Gasteiger partial charge in [0.15, 0.2) is 0 Å². The Hall–Kier alpha value is -0.300. The highest BCUT2D eigenvalue weighted by Gasteiger charge is 2.14. The molecular weight excluding hydrogens is 194 g/mol. The van der Waals surface area contributed by atoms with Gasteiger partial charge in [-0.05, 0) is 39.2 Å². The van der Waals surface area contributed by atoms with Crippen LogP contribution in [-0.4, -0.2) is 12.6 Å². The number of hydrogen-bond acceptors (Lipinski definition) is 1. The van der Waals surface area contributed by atoms with Crippen molar-refractivity contribution in [1.29, 1.82) is 0 Å². The van der Waals surface area contributed by atoms with Crippen molar-refractivity contribution in [1.82, 2.24) is 5.32 Å². The molecule has 94 valence electrons. The Balaban J connectivity index is 2.27. The monoisotopic (exact) mass is 223 g/mol. The van der Waals surface area contributed by atoms with E-state index in [0.29, 0.717) is 6.04 Å². The van der Waals surface area contributed by atoms with Crippen LogP contribution in [0.15, 0.2) is 11.6 Å². The topological polar surface area (TPSA) is 12.0 Å². The van der Waals surface area contributed by atoms with Gasteiger partial charge in [-0.2, -0.15) is 0 Å². The lowest BCUT2D eigenvalue weighted by Crippen LogP contribution is -2.28. The molecule has 16 heavy (non-hydrogen) atoms. The molecule has 1 aliphatic rings. The predicted octanol–water partition coefficient (Wildman–Crippen LogP) is 4.29. The molecule has 0 radical (unpaired) electrons. The predicted molar refractivity (Wildman–Crippen MR) is 72.7 cm³/mol. The number of hydrogen-bond donors (Lipinski definition) is 1. The van der Waals surface area contributed by atoms with Crippen molar-refractivity contribution >= 4 is 0 Å². The Morgan fingerprint density at radius 1 is 1.25 bits per heavy atom. The Kier molecular flexibility index (Phi) is 6.79. The van der Waals surface area contributed by atoms with E-state index in [1.165, 1.54) is 50.5 Å². The summed E-state index contributed by atoms with van der Waals surface area (Å²) in [4.78, 5) is 0. The molecule has 0 aromatic rings. The maximum atomic E-state index is 3.58. The third kappa shape index (κ3) is 5.69. The first-order valence-corrected chi connectivity index (χ1v) is 7.10. The Morgan fingerprint density at radius 3 is 2.50 bits per heavy atom. The summed E-state index contributed by atoms with van der Waals surface area (Å²) in [6.45, 7) is 7.68. The Labute approximate surface area is 102 Å². The number of rotatable bonds is 6. The van der Waals surface area contributed by atoms with Crippen LogP contribution in [0.3, 0.4) is 0 Å². The quantitative estimate of drug-likeness (QED) is 0.662. The first-order chi connectivity index (χ1) is 7.72. The molecule has 0 bridgehead atoms. The molecule has 1 aliphatic carbocycles. The Bertz CT molecular complexity index is 197. The molecule has 1 heteroatoms.